The molecule has 86 valence electrons. The van der Waals surface area contributed by atoms with E-state index in [1.54, 1.807) is 6.20 Å². The lowest BCUT2D eigenvalue weighted by atomic mass is 9.98. The van der Waals surface area contributed by atoms with E-state index < -0.39 is 5.97 Å². The summed E-state index contributed by atoms with van der Waals surface area (Å²) in [5, 5.41) is 12.9. The molecular formula is C10H11BrN2O2S. The van der Waals surface area contributed by atoms with Gasteiger partial charge in [-0.25, -0.2) is 4.98 Å². The Bertz CT molecular complexity index is 392. The molecule has 0 amide bonds. The zero-order valence-electron chi connectivity index (χ0n) is 8.44. The lowest BCUT2D eigenvalue weighted by Gasteiger charge is -2.40. The lowest BCUT2D eigenvalue weighted by molar-refractivity contribution is -0.138. The van der Waals surface area contributed by atoms with Crippen molar-refractivity contribution in [3.63, 3.8) is 0 Å². The van der Waals surface area contributed by atoms with Crippen LogP contribution in [0.4, 0.5) is 0 Å². The molecule has 1 aromatic rings. The number of hydrogen-bond donors (Lipinski definition) is 2. The van der Waals surface area contributed by atoms with Crippen molar-refractivity contribution in [1.29, 1.82) is 0 Å². The smallest absolute Gasteiger partial charge is 0.304 e. The average molecular weight is 303 g/mol. The summed E-state index contributed by atoms with van der Waals surface area (Å²) in [6.07, 6.45) is 1.89. The van der Waals surface area contributed by atoms with Crippen molar-refractivity contribution in [2.75, 3.05) is 13.1 Å². The number of carbonyl (C=O) groups is 1. The summed E-state index contributed by atoms with van der Waals surface area (Å²) in [4.78, 5) is 15.0. The van der Waals surface area contributed by atoms with E-state index >= 15 is 0 Å². The molecule has 2 N–H and O–H groups in total. The highest BCUT2D eigenvalue weighted by atomic mass is 79.9. The normalized spacial score (nSPS) is 17.8. The Morgan fingerprint density at radius 1 is 1.62 bits per heavy atom. The van der Waals surface area contributed by atoms with Gasteiger partial charge < -0.3 is 10.4 Å². The fourth-order valence-corrected chi connectivity index (χ4v) is 3.02. The van der Waals surface area contributed by atoms with Crippen molar-refractivity contribution in [3.05, 3.63) is 22.8 Å². The second-order valence-corrected chi connectivity index (χ2v) is 6.18. The van der Waals surface area contributed by atoms with E-state index in [0.29, 0.717) is 0 Å². The van der Waals surface area contributed by atoms with E-state index in [0.717, 1.165) is 22.6 Å². The number of rotatable bonds is 4. The van der Waals surface area contributed by atoms with Gasteiger partial charge in [-0.1, -0.05) is 11.8 Å². The van der Waals surface area contributed by atoms with E-state index in [9.17, 15) is 4.79 Å². The number of pyridine rings is 1. The number of nitrogens with one attached hydrogen (secondary N) is 1. The fraction of sp³-hybridized carbons (Fsp3) is 0.400. The summed E-state index contributed by atoms with van der Waals surface area (Å²) in [7, 11) is 0. The molecule has 1 aliphatic rings. The summed E-state index contributed by atoms with van der Waals surface area (Å²) in [6, 6.07) is 3.81. The van der Waals surface area contributed by atoms with Crippen LogP contribution in [0.2, 0.25) is 0 Å². The molecule has 2 rings (SSSR count). The quantitative estimate of drug-likeness (QED) is 0.887. The van der Waals surface area contributed by atoms with Gasteiger partial charge in [0.15, 0.2) is 0 Å². The minimum absolute atomic E-state index is 0.169. The summed E-state index contributed by atoms with van der Waals surface area (Å²) in [6.45, 7) is 1.45. The van der Waals surface area contributed by atoms with Crippen molar-refractivity contribution in [2.45, 2.75) is 16.2 Å². The lowest BCUT2D eigenvalue weighted by Crippen LogP contribution is -2.58. The van der Waals surface area contributed by atoms with Crippen molar-refractivity contribution in [1.82, 2.24) is 10.3 Å². The molecule has 4 nitrogen and oxygen atoms in total. The number of aliphatic carboxylic acids is 1. The van der Waals surface area contributed by atoms with Crippen LogP contribution in [-0.2, 0) is 4.79 Å². The van der Waals surface area contributed by atoms with Crippen molar-refractivity contribution < 1.29 is 9.90 Å². The van der Waals surface area contributed by atoms with Gasteiger partial charge in [0.2, 0.25) is 0 Å². The maximum atomic E-state index is 10.8. The molecule has 1 aliphatic heterocycles. The number of thioether (sulfide) groups is 1. The van der Waals surface area contributed by atoms with Gasteiger partial charge in [-0.15, -0.1) is 0 Å². The molecule has 0 radical (unpaired) electrons. The molecule has 0 bridgehead atoms. The largest absolute Gasteiger partial charge is 0.481 e. The highest BCUT2D eigenvalue weighted by Gasteiger charge is 2.40. The van der Waals surface area contributed by atoms with Crippen LogP contribution >= 0.6 is 27.7 Å². The van der Waals surface area contributed by atoms with E-state index in [-0.39, 0.29) is 11.2 Å². The Balaban J connectivity index is 2.06. The summed E-state index contributed by atoms with van der Waals surface area (Å²) in [5.74, 6) is -0.758. The first-order chi connectivity index (χ1) is 7.60. The first kappa shape index (κ1) is 11.9. The van der Waals surface area contributed by atoms with E-state index in [4.69, 9.17) is 5.11 Å². The van der Waals surface area contributed by atoms with Crippen LogP contribution in [0.1, 0.15) is 6.42 Å². The first-order valence-electron chi connectivity index (χ1n) is 4.83. The number of nitrogens with zero attached hydrogens (tertiary/aromatic N) is 1. The van der Waals surface area contributed by atoms with Crippen LogP contribution < -0.4 is 5.32 Å². The molecule has 2 heterocycles. The van der Waals surface area contributed by atoms with Crippen molar-refractivity contribution in [2.24, 2.45) is 0 Å². The Morgan fingerprint density at radius 3 is 2.81 bits per heavy atom. The molecule has 1 aromatic heterocycles. The highest BCUT2D eigenvalue weighted by Crippen LogP contribution is 2.37. The molecule has 0 aliphatic carbocycles. The van der Waals surface area contributed by atoms with Crippen molar-refractivity contribution in [3.8, 4) is 0 Å². The van der Waals surface area contributed by atoms with Gasteiger partial charge in [-0.2, -0.15) is 0 Å². The molecule has 0 atom stereocenters. The van der Waals surface area contributed by atoms with E-state index in [1.165, 1.54) is 11.8 Å². The predicted molar refractivity (Wildman–Crippen MR) is 65.6 cm³/mol. The Morgan fingerprint density at radius 2 is 2.38 bits per heavy atom. The third-order valence-electron chi connectivity index (χ3n) is 2.39. The molecule has 0 aromatic carbocycles. The Hall–Kier alpha value is -0.590. The molecule has 6 heteroatoms. The zero-order valence-corrected chi connectivity index (χ0v) is 10.8. The average Bonchev–Trinajstić information content (AvgIpc) is 2.17. The Kier molecular flexibility index (Phi) is 3.51. The van der Waals surface area contributed by atoms with Gasteiger partial charge >= 0.3 is 5.97 Å². The van der Waals surface area contributed by atoms with Crippen LogP contribution in [0, 0.1) is 0 Å². The predicted octanol–water partition coefficient (Wildman–Crippen LogP) is 1.75. The molecule has 0 saturated carbocycles. The minimum Gasteiger partial charge on any atom is -0.481 e. The molecule has 16 heavy (non-hydrogen) atoms. The van der Waals surface area contributed by atoms with Crippen molar-refractivity contribution >= 4 is 33.7 Å². The molecule has 1 fully saturated rings. The SMILES string of the molecule is O=C(O)CC1(Sc2ccc(Br)cn2)CNC1. The van der Waals surface area contributed by atoms with Gasteiger partial charge in [0.1, 0.15) is 0 Å². The number of halogens is 1. The van der Waals surface area contributed by atoms with E-state index in [2.05, 4.69) is 26.2 Å². The fourth-order valence-electron chi connectivity index (χ4n) is 1.56. The van der Waals surface area contributed by atoms with Crippen LogP contribution in [-0.4, -0.2) is 33.9 Å². The number of hydrogen-bond acceptors (Lipinski definition) is 4. The molecule has 1 saturated heterocycles. The highest BCUT2D eigenvalue weighted by molar-refractivity contribution is 9.10. The van der Waals surface area contributed by atoms with Gasteiger partial charge in [0, 0.05) is 23.8 Å². The summed E-state index contributed by atoms with van der Waals surface area (Å²) in [5.41, 5.74) is 0. The first-order valence-corrected chi connectivity index (χ1v) is 6.44. The topological polar surface area (TPSA) is 62.2 Å². The monoisotopic (exact) mass is 302 g/mol. The Labute approximate surface area is 106 Å². The van der Waals surface area contributed by atoms with Gasteiger partial charge in [-0.05, 0) is 28.1 Å². The van der Waals surface area contributed by atoms with Gasteiger partial charge in [0.25, 0.3) is 0 Å². The second kappa shape index (κ2) is 4.73. The van der Waals surface area contributed by atoms with Crippen LogP contribution in [0.5, 0.6) is 0 Å². The molecule has 0 unspecified atom stereocenters. The number of aromatic nitrogens is 1. The van der Waals surface area contributed by atoms with Gasteiger partial charge in [0.05, 0.1) is 16.2 Å². The second-order valence-electron chi connectivity index (χ2n) is 3.77. The van der Waals surface area contributed by atoms with Crippen LogP contribution in [0.3, 0.4) is 0 Å². The van der Waals surface area contributed by atoms with Crippen LogP contribution in [0.15, 0.2) is 27.8 Å². The molecule has 0 spiro atoms. The molecular weight excluding hydrogens is 292 g/mol. The third-order valence-corrected chi connectivity index (χ3v) is 4.17. The minimum atomic E-state index is -0.758. The number of carboxylic acid groups (broad SMARTS) is 1. The van der Waals surface area contributed by atoms with E-state index in [1.807, 2.05) is 12.1 Å². The maximum Gasteiger partial charge on any atom is 0.304 e. The standard InChI is InChI=1S/C10H11BrN2O2S/c11-7-1-2-8(13-4-7)16-10(3-9(14)15)5-12-6-10/h1-2,4,12H,3,5-6H2,(H,14,15). The third kappa shape index (κ3) is 2.75. The van der Waals surface area contributed by atoms with Gasteiger partial charge in [-0.3, -0.25) is 4.79 Å². The number of carboxylic acids is 1. The maximum absolute atomic E-state index is 10.8. The van der Waals surface area contributed by atoms with Crippen LogP contribution in [0.25, 0.3) is 0 Å². The zero-order chi connectivity index (χ0) is 11.6. The summed E-state index contributed by atoms with van der Waals surface area (Å²) >= 11 is 4.86. The summed E-state index contributed by atoms with van der Waals surface area (Å²) < 4.78 is 0.697.